The molecule has 0 bridgehead atoms. The van der Waals surface area contributed by atoms with E-state index in [2.05, 4.69) is 5.32 Å². The Morgan fingerprint density at radius 2 is 1.77 bits per heavy atom. The van der Waals surface area contributed by atoms with Gasteiger partial charge in [-0.2, -0.15) is 0 Å². The molecule has 1 aromatic carbocycles. The van der Waals surface area contributed by atoms with Crippen LogP contribution >= 0.6 is 0 Å². The molecule has 0 heterocycles. The van der Waals surface area contributed by atoms with E-state index in [9.17, 15) is 23.1 Å². The fourth-order valence-corrected chi connectivity index (χ4v) is 3.37. The van der Waals surface area contributed by atoms with Gasteiger partial charge >= 0.3 is 5.97 Å². The van der Waals surface area contributed by atoms with E-state index in [0.717, 1.165) is 0 Å². The Morgan fingerprint density at radius 1 is 1.19 bits per heavy atom. The zero-order valence-corrected chi connectivity index (χ0v) is 16.4. The molecule has 0 aliphatic rings. The quantitative estimate of drug-likeness (QED) is 0.674. The summed E-state index contributed by atoms with van der Waals surface area (Å²) in [6, 6.07) is 4.43. The minimum absolute atomic E-state index is 0.0450. The average molecular weight is 385 g/mol. The van der Waals surface area contributed by atoms with Gasteiger partial charge in [0.15, 0.2) is 9.84 Å². The fraction of sp³-hybridized carbons (Fsp3) is 0.556. The molecule has 0 spiro atoms. The number of hydrogen-bond donors (Lipinski definition) is 2. The molecule has 0 saturated heterocycles. The third-order valence-corrected chi connectivity index (χ3v) is 5.51. The maximum Gasteiger partial charge on any atom is 0.326 e. The molecule has 0 aliphatic heterocycles. The maximum atomic E-state index is 12.3. The Morgan fingerprint density at radius 3 is 2.23 bits per heavy atom. The van der Waals surface area contributed by atoms with Crippen LogP contribution in [-0.4, -0.2) is 50.9 Å². The van der Waals surface area contributed by atoms with Gasteiger partial charge in [0.05, 0.1) is 17.3 Å². The van der Waals surface area contributed by atoms with Crippen LogP contribution in [0, 0.1) is 5.41 Å². The summed E-state index contributed by atoms with van der Waals surface area (Å²) in [5.74, 6) is -1.79. The zero-order valence-electron chi connectivity index (χ0n) is 15.6. The van der Waals surface area contributed by atoms with E-state index in [1.54, 1.807) is 0 Å². The lowest BCUT2D eigenvalue weighted by atomic mass is 9.88. The molecule has 2 N–H and O–H groups in total. The largest absolute Gasteiger partial charge is 0.480 e. The maximum absolute atomic E-state index is 12.3. The van der Waals surface area contributed by atoms with Crippen LogP contribution in [0.3, 0.4) is 0 Å². The normalized spacial score (nSPS) is 13.2. The molecule has 26 heavy (non-hydrogen) atoms. The van der Waals surface area contributed by atoms with Crippen molar-refractivity contribution in [2.24, 2.45) is 5.41 Å². The van der Waals surface area contributed by atoms with Crippen molar-refractivity contribution in [3.05, 3.63) is 29.8 Å². The van der Waals surface area contributed by atoms with Gasteiger partial charge in [-0.1, -0.05) is 20.8 Å². The Hall–Kier alpha value is -1.93. The van der Waals surface area contributed by atoms with Gasteiger partial charge in [0.1, 0.15) is 6.04 Å². The van der Waals surface area contributed by atoms with Crippen molar-refractivity contribution in [3.8, 4) is 0 Å². The van der Waals surface area contributed by atoms with Crippen molar-refractivity contribution < 1.29 is 27.9 Å². The predicted molar refractivity (Wildman–Crippen MR) is 97.9 cm³/mol. The molecule has 0 aromatic heterocycles. The van der Waals surface area contributed by atoms with E-state index in [1.807, 2.05) is 20.8 Å². The van der Waals surface area contributed by atoms with Gasteiger partial charge in [0.2, 0.25) is 0 Å². The first-order valence-electron chi connectivity index (χ1n) is 8.32. The number of benzene rings is 1. The number of amides is 1. The van der Waals surface area contributed by atoms with E-state index in [-0.39, 0.29) is 28.2 Å². The second-order valence-electron chi connectivity index (χ2n) is 7.30. The Labute approximate surface area is 154 Å². The molecule has 1 aromatic rings. The molecule has 7 nitrogen and oxygen atoms in total. The van der Waals surface area contributed by atoms with E-state index >= 15 is 0 Å². The van der Waals surface area contributed by atoms with Crippen LogP contribution < -0.4 is 5.32 Å². The summed E-state index contributed by atoms with van der Waals surface area (Å²) in [7, 11) is -2.06. The SMILES string of the molecule is COCCS(=O)(=O)c1ccc(C(=O)NC(CCC(C)(C)C)C(=O)O)cc1. The van der Waals surface area contributed by atoms with Crippen LogP contribution in [0.2, 0.25) is 0 Å². The van der Waals surface area contributed by atoms with Crippen molar-refractivity contribution in [3.63, 3.8) is 0 Å². The van der Waals surface area contributed by atoms with Crippen molar-refractivity contribution in [2.75, 3.05) is 19.5 Å². The number of methoxy groups -OCH3 is 1. The molecule has 1 rings (SSSR count). The van der Waals surface area contributed by atoms with Crippen molar-refractivity contribution >= 4 is 21.7 Å². The minimum atomic E-state index is -3.48. The number of carboxylic acids is 1. The van der Waals surface area contributed by atoms with Gasteiger partial charge in [-0.3, -0.25) is 4.79 Å². The number of rotatable bonds is 9. The van der Waals surface area contributed by atoms with E-state index in [1.165, 1.54) is 31.4 Å². The molecular formula is C18H27NO6S. The summed E-state index contributed by atoms with van der Waals surface area (Å²) in [4.78, 5) is 23.7. The molecule has 1 unspecified atom stereocenters. The first kappa shape index (κ1) is 22.1. The van der Waals surface area contributed by atoms with Gasteiger partial charge in [-0.05, 0) is 42.5 Å². The number of aliphatic carboxylic acids is 1. The van der Waals surface area contributed by atoms with Crippen LogP contribution in [-0.2, 0) is 19.4 Å². The van der Waals surface area contributed by atoms with Gasteiger partial charge in [0.25, 0.3) is 5.91 Å². The third kappa shape index (κ3) is 7.13. The van der Waals surface area contributed by atoms with E-state index in [4.69, 9.17) is 4.74 Å². The first-order chi connectivity index (χ1) is 12.0. The van der Waals surface area contributed by atoms with E-state index in [0.29, 0.717) is 12.8 Å². The Balaban J connectivity index is 2.81. The molecule has 0 aliphatic carbocycles. The summed E-state index contributed by atoms with van der Waals surface area (Å²) in [6.45, 7) is 6.07. The highest BCUT2D eigenvalue weighted by Gasteiger charge is 2.23. The highest BCUT2D eigenvalue weighted by Crippen LogP contribution is 2.22. The summed E-state index contributed by atoms with van der Waals surface area (Å²) < 4.78 is 28.9. The monoisotopic (exact) mass is 385 g/mol. The molecule has 0 saturated carbocycles. The lowest BCUT2D eigenvalue weighted by Gasteiger charge is -2.21. The summed E-state index contributed by atoms with van der Waals surface area (Å²) in [5, 5.41) is 11.8. The smallest absolute Gasteiger partial charge is 0.326 e. The number of nitrogens with one attached hydrogen (secondary N) is 1. The number of carbonyl (C=O) groups is 2. The van der Waals surface area contributed by atoms with Gasteiger partial charge in [-0.15, -0.1) is 0 Å². The van der Waals surface area contributed by atoms with Gasteiger partial charge < -0.3 is 15.2 Å². The summed E-state index contributed by atoms with van der Waals surface area (Å²) >= 11 is 0. The summed E-state index contributed by atoms with van der Waals surface area (Å²) in [6.07, 6.45) is 0.953. The first-order valence-corrected chi connectivity index (χ1v) is 9.97. The van der Waals surface area contributed by atoms with Crippen LogP contribution in [0.1, 0.15) is 44.0 Å². The highest BCUT2D eigenvalue weighted by molar-refractivity contribution is 7.91. The molecule has 1 atom stereocenters. The lowest BCUT2D eigenvalue weighted by molar-refractivity contribution is -0.139. The number of carbonyl (C=O) groups excluding carboxylic acids is 1. The minimum Gasteiger partial charge on any atom is -0.480 e. The van der Waals surface area contributed by atoms with Crippen molar-refractivity contribution in [1.29, 1.82) is 0 Å². The molecule has 0 radical (unpaired) electrons. The van der Waals surface area contributed by atoms with Crippen LogP contribution in [0.5, 0.6) is 0 Å². The van der Waals surface area contributed by atoms with Gasteiger partial charge in [-0.25, -0.2) is 13.2 Å². The van der Waals surface area contributed by atoms with Crippen LogP contribution in [0.15, 0.2) is 29.2 Å². The third-order valence-electron chi connectivity index (χ3n) is 3.82. The predicted octanol–water partition coefficient (Wildman–Crippen LogP) is 2.12. The Bertz CT molecular complexity index is 719. The molecule has 0 fully saturated rings. The Kier molecular flexibility index (Phi) is 7.77. The van der Waals surface area contributed by atoms with Crippen molar-refractivity contribution in [1.82, 2.24) is 5.32 Å². The average Bonchev–Trinajstić information content (AvgIpc) is 2.55. The molecule has 8 heteroatoms. The standard InChI is InChI=1S/C18H27NO6S/c1-18(2,3)10-9-15(17(21)22)19-16(20)13-5-7-14(8-6-13)26(23,24)12-11-25-4/h5-8,15H,9-12H2,1-4H3,(H,19,20)(H,21,22). The number of carboxylic acid groups (broad SMARTS) is 1. The number of ether oxygens (including phenoxy) is 1. The molecule has 1 amide bonds. The fourth-order valence-electron chi connectivity index (χ4n) is 2.20. The highest BCUT2D eigenvalue weighted by atomic mass is 32.2. The lowest BCUT2D eigenvalue weighted by Crippen LogP contribution is -2.41. The number of hydrogen-bond acceptors (Lipinski definition) is 5. The molecular weight excluding hydrogens is 358 g/mol. The summed E-state index contributed by atoms with van der Waals surface area (Å²) in [5.41, 5.74) is 0.161. The topological polar surface area (TPSA) is 110 Å². The number of sulfone groups is 1. The van der Waals surface area contributed by atoms with Crippen LogP contribution in [0.4, 0.5) is 0 Å². The van der Waals surface area contributed by atoms with Gasteiger partial charge in [0, 0.05) is 12.7 Å². The zero-order chi connectivity index (χ0) is 20.0. The molecule has 146 valence electrons. The van der Waals surface area contributed by atoms with Crippen LogP contribution in [0.25, 0.3) is 0 Å². The van der Waals surface area contributed by atoms with E-state index < -0.39 is 27.8 Å². The second kappa shape index (κ2) is 9.14. The van der Waals surface area contributed by atoms with Crippen molar-refractivity contribution in [2.45, 2.75) is 44.6 Å². The second-order valence-corrected chi connectivity index (χ2v) is 9.41.